The molecule has 3 N–H and O–H groups in total. The number of sulfonamides is 1. The molecular weight excluding hydrogens is 392 g/mol. The molecule has 0 spiro atoms. The summed E-state index contributed by atoms with van der Waals surface area (Å²) in [7, 11) is -3.65. The van der Waals surface area contributed by atoms with Crippen LogP contribution in [-0.4, -0.2) is 42.5 Å². The van der Waals surface area contributed by atoms with E-state index in [4.69, 9.17) is 0 Å². The van der Waals surface area contributed by atoms with E-state index in [2.05, 4.69) is 30.5 Å². The van der Waals surface area contributed by atoms with Crippen LogP contribution in [0.5, 0.6) is 0 Å². The first-order valence-electron chi connectivity index (χ1n) is 8.79. The fourth-order valence-corrected chi connectivity index (χ4v) is 3.44. The minimum absolute atomic E-state index is 0.105. The lowest BCUT2D eigenvalue weighted by molar-refractivity contribution is 0.101. The third kappa shape index (κ3) is 5.80. The zero-order valence-electron chi connectivity index (χ0n) is 15.7. The quantitative estimate of drug-likeness (QED) is 0.361. The predicted octanol–water partition coefficient (Wildman–Crippen LogP) is 2.21. The molecule has 10 heteroatoms. The SMILES string of the molecule is CC(=O)c1ccc(S(=O)(=O)NCCNc2ccc(Nc3ccncc3)nn2)cc1. The van der Waals surface area contributed by atoms with Gasteiger partial charge in [-0.1, -0.05) is 12.1 Å². The largest absolute Gasteiger partial charge is 0.367 e. The van der Waals surface area contributed by atoms with Crippen molar-refractivity contribution < 1.29 is 13.2 Å². The van der Waals surface area contributed by atoms with Gasteiger partial charge in [0.25, 0.3) is 0 Å². The van der Waals surface area contributed by atoms with E-state index < -0.39 is 10.0 Å². The van der Waals surface area contributed by atoms with Crippen molar-refractivity contribution >= 4 is 33.1 Å². The van der Waals surface area contributed by atoms with Gasteiger partial charge in [0, 0.05) is 36.7 Å². The van der Waals surface area contributed by atoms with E-state index >= 15 is 0 Å². The lowest BCUT2D eigenvalue weighted by Gasteiger charge is -2.09. The lowest BCUT2D eigenvalue weighted by atomic mass is 10.2. The van der Waals surface area contributed by atoms with Crippen molar-refractivity contribution in [2.45, 2.75) is 11.8 Å². The number of aromatic nitrogens is 3. The fraction of sp³-hybridized carbons (Fsp3) is 0.158. The van der Waals surface area contributed by atoms with Gasteiger partial charge in [-0.2, -0.15) is 0 Å². The van der Waals surface area contributed by atoms with Crippen molar-refractivity contribution in [1.29, 1.82) is 0 Å². The number of Topliss-reactive ketones (excluding diaryl/α,β-unsaturated/α-hetero) is 1. The van der Waals surface area contributed by atoms with Crippen molar-refractivity contribution in [3.8, 4) is 0 Å². The molecule has 0 unspecified atom stereocenters. The maximum absolute atomic E-state index is 12.3. The highest BCUT2D eigenvalue weighted by molar-refractivity contribution is 7.89. The Bertz CT molecular complexity index is 1060. The fourth-order valence-electron chi connectivity index (χ4n) is 2.40. The van der Waals surface area contributed by atoms with Gasteiger partial charge in [-0.15, -0.1) is 10.2 Å². The highest BCUT2D eigenvalue weighted by Gasteiger charge is 2.13. The Hall–Kier alpha value is -3.37. The Morgan fingerprint density at radius 3 is 2.17 bits per heavy atom. The highest BCUT2D eigenvalue weighted by atomic mass is 32.2. The zero-order valence-corrected chi connectivity index (χ0v) is 16.5. The van der Waals surface area contributed by atoms with E-state index in [9.17, 15) is 13.2 Å². The number of hydrogen-bond acceptors (Lipinski definition) is 8. The molecule has 0 amide bonds. The van der Waals surface area contributed by atoms with Crippen LogP contribution < -0.4 is 15.4 Å². The van der Waals surface area contributed by atoms with Crippen molar-refractivity contribution in [2.75, 3.05) is 23.7 Å². The van der Waals surface area contributed by atoms with Crippen LogP contribution in [-0.2, 0) is 10.0 Å². The summed E-state index contributed by atoms with van der Waals surface area (Å²) >= 11 is 0. The van der Waals surface area contributed by atoms with Crippen molar-refractivity contribution in [3.05, 3.63) is 66.5 Å². The molecule has 2 heterocycles. The van der Waals surface area contributed by atoms with Gasteiger partial charge >= 0.3 is 0 Å². The number of ketones is 1. The molecule has 0 bridgehead atoms. The van der Waals surface area contributed by atoms with Gasteiger partial charge < -0.3 is 10.6 Å². The van der Waals surface area contributed by atoms with E-state index in [1.165, 1.54) is 31.2 Å². The number of anilines is 3. The number of carbonyl (C=O) groups excluding carboxylic acids is 1. The number of pyridine rings is 1. The smallest absolute Gasteiger partial charge is 0.240 e. The van der Waals surface area contributed by atoms with Crippen LogP contribution in [0.3, 0.4) is 0 Å². The molecule has 3 rings (SSSR count). The van der Waals surface area contributed by atoms with Gasteiger partial charge in [0.05, 0.1) is 4.90 Å². The average Bonchev–Trinajstić information content (AvgIpc) is 2.73. The second-order valence-corrected chi connectivity index (χ2v) is 7.84. The molecule has 3 aromatic rings. The van der Waals surface area contributed by atoms with E-state index in [0.29, 0.717) is 23.7 Å². The van der Waals surface area contributed by atoms with E-state index in [0.717, 1.165) is 5.69 Å². The molecule has 150 valence electrons. The van der Waals surface area contributed by atoms with Gasteiger partial charge in [-0.05, 0) is 43.3 Å². The molecule has 0 saturated carbocycles. The maximum atomic E-state index is 12.3. The summed E-state index contributed by atoms with van der Waals surface area (Å²) in [6.07, 6.45) is 3.34. The Morgan fingerprint density at radius 2 is 1.55 bits per heavy atom. The molecule has 0 aliphatic rings. The van der Waals surface area contributed by atoms with Crippen LogP contribution in [0.4, 0.5) is 17.3 Å². The number of benzene rings is 1. The van der Waals surface area contributed by atoms with Gasteiger partial charge in [0.1, 0.15) is 5.82 Å². The second-order valence-electron chi connectivity index (χ2n) is 6.07. The minimum atomic E-state index is -3.65. The van der Waals surface area contributed by atoms with Crippen LogP contribution in [0.25, 0.3) is 0 Å². The molecule has 2 aromatic heterocycles. The first-order valence-corrected chi connectivity index (χ1v) is 10.3. The zero-order chi connectivity index (χ0) is 20.7. The molecule has 0 saturated heterocycles. The number of rotatable bonds is 9. The van der Waals surface area contributed by atoms with Crippen LogP contribution in [0.15, 0.2) is 65.8 Å². The average molecular weight is 412 g/mol. The van der Waals surface area contributed by atoms with Crippen molar-refractivity contribution in [3.63, 3.8) is 0 Å². The van der Waals surface area contributed by atoms with Crippen LogP contribution in [0, 0.1) is 0 Å². The number of nitrogens with zero attached hydrogens (tertiary/aromatic N) is 3. The summed E-state index contributed by atoms with van der Waals surface area (Å²) in [5.74, 6) is 0.987. The second kappa shape index (κ2) is 9.22. The molecule has 0 atom stereocenters. The van der Waals surface area contributed by atoms with Crippen LogP contribution in [0.1, 0.15) is 17.3 Å². The first-order chi connectivity index (χ1) is 13.9. The van der Waals surface area contributed by atoms with Crippen molar-refractivity contribution in [1.82, 2.24) is 19.9 Å². The summed E-state index contributed by atoms with van der Waals surface area (Å²) in [5.41, 5.74) is 1.31. The predicted molar refractivity (Wildman–Crippen MR) is 110 cm³/mol. The molecular formula is C19H20N6O3S. The van der Waals surface area contributed by atoms with Crippen molar-refractivity contribution in [2.24, 2.45) is 0 Å². The van der Waals surface area contributed by atoms with E-state index in [-0.39, 0.29) is 17.2 Å². The summed E-state index contributed by atoms with van der Waals surface area (Å²) < 4.78 is 27.1. The normalized spacial score (nSPS) is 11.1. The monoisotopic (exact) mass is 412 g/mol. The molecule has 0 aliphatic heterocycles. The number of nitrogens with one attached hydrogen (secondary N) is 3. The highest BCUT2D eigenvalue weighted by Crippen LogP contribution is 2.13. The standard InChI is InChI=1S/C19H20N6O3S/c1-14(26)15-2-4-17(5-3-15)29(27,28)22-13-12-21-18-6-7-19(25-24-18)23-16-8-10-20-11-9-16/h2-11,22H,12-13H2,1H3,(H,21,24)(H,20,23,25). The minimum Gasteiger partial charge on any atom is -0.367 e. The van der Waals surface area contributed by atoms with E-state index in [1.54, 1.807) is 24.5 Å². The molecule has 1 aromatic carbocycles. The van der Waals surface area contributed by atoms with E-state index in [1.807, 2.05) is 12.1 Å². The number of hydrogen-bond donors (Lipinski definition) is 3. The van der Waals surface area contributed by atoms with Crippen LogP contribution in [0.2, 0.25) is 0 Å². The Balaban J connectivity index is 1.47. The third-order valence-corrected chi connectivity index (χ3v) is 5.39. The summed E-state index contributed by atoms with van der Waals surface area (Å²) in [6, 6.07) is 12.9. The maximum Gasteiger partial charge on any atom is 0.240 e. The molecule has 0 fully saturated rings. The Morgan fingerprint density at radius 1 is 0.897 bits per heavy atom. The van der Waals surface area contributed by atoms with Gasteiger partial charge in [-0.25, -0.2) is 13.1 Å². The number of carbonyl (C=O) groups is 1. The Labute approximate surface area is 168 Å². The Kier molecular flexibility index (Phi) is 6.47. The third-order valence-electron chi connectivity index (χ3n) is 3.91. The molecule has 29 heavy (non-hydrogen) atoms. The van der Waals surface area contributed by atoms with Gasteiger partial charge in [-0.3, -0.25) is 9.78 Å². The van der Waals surface area contributed by atoms with Gasteiger partial charge in [0.2, 0.25) is 10.0 Å². The summed E-state index contributed by atoms with van der Waals surface area (Å²) in [5, 5.41) is 14.2. The summed E-state index contributed by atoms with van der Waals surface area (Å²) in [6.45, 7) is 1.92. The van der Waals surface area contributed by atoms with Gasteiger partial charge in [0.15, 0.2) is 11.6 Å². The topological polar surface area (TPSA) is 126 Å². The van der Waals surface area contributed by atoms with Crippen LogP contribution >= 0.6 is 0 Å². The molecule has 0 aliphatic carbocycles. The summed E-state index contributed by atoms with van der Waals surface area (Å²) in [4.78, 5) is 15.3. The molecule has 9 nitrogen and oxygen atoms in total. The molecule has 0 radical (unpaired) electrons. The first kappa shape index (κ1) is 20.4. The lowest BCUT2D eigenvalue weighted by Crippen LogP contribution is -2.29.